The molecule has 3 rings (SSSR count). The van der Waals surface area contributed by atoms with E-state index in [0.717, 1.165) is 11.4 Å². The van der Waals surface area contributed by atoms with Gasteiger partial charge < -0.3 is 5.32 Å². The lowest BCUT2D eigenvalue weighted by atomic mass is 10.2. The van der Waals surface area contributed by atoms with E-state index >= 15 is 0 Å². The Labute approximate surface area is 133 Å². The monoisotopic (exact) mass is 311 g/mol. The number of nitrogens with one attached hydrogen (secondary N) is 1. The SMILES string of the molecule is Cc1cc(NC(=O)c2ccccc2)n(-c2cccc(Cl)c2)n1. The van der Waals surface area contributed by atoms with Crippen LogP contribution in [-0.4, -0.2) is 15.7 Å². The molecule has 0 saturated carbocycles. The van der Waals surface area contributed by atoms with E-state index < -0.39 is 0 Å². The molecule has 1 aromatic heterocycles. The van der Waals surface area contributed by atoms with Gasteiger partial charge in [0.25, 0.3) is 5.91 Å². The molecule has 0 atom stereocenters. The molecule has 0 spiro atoms. The lowest BCUT2D eigenvalue weighted by Gasteiger charge is -2.09. The minimum atomic E-state index is -0.177. The van der Waals surface area contributed by atoms with Crippen molar-refractivity contribution in [1.82, 2.24) is 9.78 Å². The van der Waals surface area contributed by atoms with Gasteiger partial charge in [-0.3, -0.25) is 4.79 Å². The summed E-state index contributed by atoms with van der Waals surface area (Å²) >= 11 is 6.03. The highest BCUT2D eigenvalue weighted by atomic mass is 35.5. The second-order valence-electron chi connectivity index (χ2n) is 4.88. The number of nitrogens with zero attached hydrogens (tertiary/aromatic N) is 2. The van der Waals surface area contributed by atoms with Gasteiger partial charge in [0, 0.05) is 16.7 Å². The molecule has 110 valence electrons. The number of aromatic nitrogens is 2. The van der Waals surface area contributed by atoms with Crippen LogP contribution < -0.4 is 5.32 Å². The van der Waals surface area contributed by atoms with E-state index in [9.17, 15) is 4.79 Å². The molecule has 2 aromatic carbocycles. The van der Waals surface area contributed by atoms with E-state index in [-0.39, 0.29) is 5.91 Å². The van der Waals surface area contributed by atoms with Crippen LogP contribution in [0.3, 0.4) is 0 Å². The maximum Gasteiger partial charge on any atom is 0.256 e. The van der Waals surface area contributed by atoms with E-state index in [1.54, 1.807) is 28.9 Å². The van der Waals surface area contributed by atoms with E-state index in [4.69, 9.17) is 11.6 Å². The Kier molecular flexibility index (Phi) is 3.94. The maximum atomic E-state index is 12.3. The van der Waals surface area contributed by atoms with Crippen molar-refractivity contribution < 1.29 is 4.79 Å². The van der Waals surface area contributed by atoms with E-state index in [0.29, 0.717) is 16.4 Å². The number of aryl methyl sites for hydroxylation is 1. The minimum absolute atomic E-state index is 0.177. The Bertz CT molecular complexity index is 812. The highest BCUT2D eigenvalue weighted by Crippen LogP contribution is 2.20. The second-order valence-corrected chi connectivity index (χ2v) is 5.32. The van der Waals surface area contributed by atoms with Crippen LogP contribution in [0.2, 0.25) is 5.02 Å². The highest BCUT2D eigenvalue weighted by molar-refractivity contribution is 6.30. The van der Waals surface area contributed by atoms with Gasteiger partial charge in [-0.15, -0.1) is 0 Å². The Morgan fingerprint density at radius 3 is 2.59 bits per heavy atom. The zero-order valence-electron chi connectivity index (χ0n) is 12.0. The van der Waals surface area contributed by atoms with Gasteiger partial charge in [0.1, 0.15) is 5.82 Å². The third-order valence-electron chi connectivity index (χ3n) is 3.16. The molecule has 1 N–H and O–H groups in total. The Hall–Kier alpha value is -2.59. The first kappa shape index (κ1) is 14.4. The molecule has 0 aliphatic heterocycles. The Morgan fingerprint density at radius 2 is 1.86 bits per heavy atom. The molecular weight excluding hydrogens is 298 g/mol. The van der Waals surface area contributed by atoms with Crippen LogP contribution in [0.5, 0.6) is 0 Å². The largest absolute Gasteiger partial charge is 0.306 e. The summed E-state index contributed by atoms with van der Waals surface area (Å²) in [5.74, 6) is 0.428. The van der Waals surface area contributed by atoms with Gasteiger partial charge in [0.2, 0.25) is 0 Å². The van der Waals surface area contributed by atoms with E-state index in [1.165, 1.54) is 0 Å². The number of benzene rings is 2. The van der Waals surface area contributed by atoms with Gasteiger partial charge in [-0.05, 0) is 37.3 Å². The summed E-state index contributed by atoms with van der Waals surface area (Å²) in [6.45, 7) is 1.87. The van der Waals surface area contributed by atoms with Crippen LogP contribution in [0.25, 0.3) is 5.69 Å². The van der Waals surface area contributed by atoms with Gasteiger partial charge in [0.05, 0.1) is 11.4 Å². The average molecular weight is 312 g/mol. The topological polar surface area (TPSA) is 46.9 Å². The molecule has 0 aliphatic rings. The molecule has 22 heavy (non-hydrogen) atoms. The molecule has 1 heterocycles. The summed E-state index contributed by atoms with van der Waals surface area (Å²) in [6.07, 6.45) is 0. The predicted molar refractivity (Wildman–Crippen MR) is 87.7 cm³/mol. The van der Waals surface area contributed by atoms with Crippen LogP contribution in [0.4, 0.5) is 5.82 Å². The van der Waals surface area contributed by atoms with Gasteiger partial charge in [-0.1, -0.05) is 35.9 Å². The van der Waals surface area contributed by atoms with Crippen LogP contribution in [-0.2, 0) is 0 Å². The predicted octanol–water partition coefficient (Wildman–Crippen LogP) is 4.09. The second kappa shape index (κ2) is 6.03. The van der Waals surface area contributed by atoms with Crippen molar-refractivity contribution in [2.24, 2.45) is 0 Å². The molecule has 0 radical (unpaired) electrons. The van der Waals surface area contributed by atoms with Crippen molar-refractivity contribution in [3.8, 4) is 5.69 Å². The molecule has 0 fully saturated rings. The standard InChI is InChI=1S/C17H14ClN3O/c1-12-10-16(19-17(22)13-6-3-2-4-7-13)21(20-12)15-9-5-8-14(18)11-15/h2-11H,1H3,(H,19,22). The number of hydrogen-bond donors (Lipinski definition) is 1. The van der Waals surface area contributed by atoms with Crippen molar-refractivity contribution in [2.75, 3.05) is 5.32 Å². The van der Waals surface area contributed by atoms with Gasteiger partial charge >= 0.3 is 0 Å². The Balaban J connectivity index is 1.94. The van der Waals surface area contributed by atoms with Crippen molar-refractivity contribution in [2.45, 2.75) is 6.92 Å². The highest BCUT2D eigenvalue weighted by Gasteiger charge is 2.12. The van der Waals surface area contributed by atoms with Crippen LogP contribution in [0.1, 0.15) is 16.1 Å². The summed E-state index contributed by atoms with van der Waals surface area (Å²) < 4.78 is 1.67. The fourth-order valence-electron chi connectivity index (χ4n) is 2.17. The molecule has 4 nitrogen and oxygen atoms in total. The first-order valence-corrected chi connectivity index (χ1v) is 7.20. The van der Waals surface area contributed by atoms with E-state index in [2.05, 4.69) is 10.4 Å². The summed E-state index contributed by atoms with van der Waals surface area (Å²) in [5.41, 5.74) is 2.20. The minimum Gasteiger partial charge on any atom is -0.306 e. The third-order valence-corrected chi connectivity index (χ3v) is 3.40. The number of anilines is 1. The summed E-state index contributed by atoms with van der Waals surface area (Å²) in [5, 5.41) is 7.91. The zero-order chi connectivity index (χ0) is 15.5. The number of carbonyl (C=O) groups excluding carboxylic acids is 1. The van der Waals surface area contributed by atoms with Gasteiger partial charge in [-0.25, -0.2) is 4.68 Å². The lowest BCUT2D eigenvalue weighted by Crippen LogP contribution is -2.15. The third kappa shape index (κ3) is 3.02. The number of halogens is 1. The van der Waals surface area contributed by atoms with Gasteiger partial charge in [0.15, 0.2) is 0 Å². The molecule has 0 bridgehead atoms. The smallest absolute Gasteiger partial charge is 0.256 e. The molecule has 0 aliphatic carbocycles. The molecule has 0 saturated heterocycles. The van der Waals surface area contributed by atoms with Crippen LogP contribution in [0.15, 0.2) is 60.7 Å². The fourth-order valence-corrected chi connectivity index (χ4v) is 2.36. The van der Waals surface area contributed by atoms with Crippen molar-refractivity contribution in [1.29, 1.82) is 0 Å². The number of hydrogen-bond acceptors (Lipinski definition) is 2. The average Bonchev–Trinajstić information content (AvgIpc) is 2.89. The quantitative estimate of drug-likeness (QED) is 0.792. The number of carbonyl (C=O) groups is 1. The molecule has 1 amide bonds. The van der Waals surface area contributed by atoms with Crippen molar-refractivity contribution >= 4 is 23.3 Å². The Morgan fingerprint density at radius 1 is 1.09 bits per heavy atom. The summed E-state index contributed by atoms with van der Waals surface area (Å²) in [7, 11) is 0. The van der Waals surface area contributed by atoms with Crippen LogP contribution >= 0.6 is 11.6 Å². The first-order chi connectivity index (χ1) is 10.6. The van der Waals surface area contributed by atoms with E-state index in [1.807, 2.05) is 43.3 Å². The summed E-state index contributed by atoms with van der Waals surface area (Å²) in [4.78, 5) is 12.3. The normalized spacial score (nSPS) is 10.5. The fraction of sp³-hybridized carbons (Fsp3) is 0.0588. The zero-order valence-corrected chi connectivity index (χ0v) is 12.7. The molecule has 5 heteroatoms. The number of rotatable bonds is 3. The first-order valence-electron chi connectivity index (χ1n) is 6.82. The molecule has 0 unspecified atom stereocenters. The van der Waals surface area contributed by atoms with Crippen LogP contribution in [0, 0.1) is 6.92 Å². The lowest BCUT2D eigenvalue weighted by molar-refractivity contribution is 0.102. The molecular formula is C17H14ClN3O. The summed E-state index contributed by atoms with van der Waals surface area (Å²) in [6, 6.07) is 18.2. The maximum absolute atomic E-state index is 12.3. The van der Waals surface area contributed by atoms with Crippen molar-refractivity contribution in [3.05, 3.63) is 76.9 Å². The molecule has 3 aromatic rings. The number of amides is 1. The van der Waals surface area contributed by atoms with Crippen molar-refractivity contribution in [3.63, 3.8) is 0 Å². The van der Waals surface area contributed by atoms with Gasteiger partial charge in [-0.2, -0.15) is 5.10 Å².